The van der Waals surface area contributed by atoms with E-state index in [9.17, 15) is 49.5 Å². The van der Waals surface area contributed by atoms with E-state index in [1.807, 2.05) is 0 Å². The zero-order valence-corrected chi connectivity index (χ0v) is 31.2. The molecule has 0 saturated heterocycles. The van der Waals surface area contributed by atoms with Gasteiger partial charge in [-0.2, -0.15) is 0 Å². The van der Waals surface area contributed by atoms with E-state index in [1.165, 1.54) is 0 Å². The van der Waals surface area contributed by atoms with Crippen molar-refractivity contribution >= 4 is 29.8 Å². The molecule has 37 heavy (non-hydrogen) atoms. The van der Waals surface area contributed by atoms with Crippen molar-refractivity contribution in [3.63, 3.8) is 0 Å². The number of aliphatic hydroxyl groups excluding tert-OH is 6. The normalized spacial score (nSPS) is 13.2. The van der Waals surface area contributed by atoms with Gasteiger partial charge in [0.05, 0.1) is 30.6 Å². The first-order valence-corrected chi connectivity index (χ1v) is 8.10. The fourth-order valence-corrected chi connectivity index (χ4v) is 1.35. The summed E-state index contributed by atoms with van der Waals surface area (Å²) in [5.41, 5.74) is -2.97. The van der Waals surface area contributed by atoms with Gasteiger partial charge in [0.25, 0.3) is 0 Å². The number of carboxylic acid groups (broad SMARTS) is 5. The van der Waals surface area contributed by atoms with Gasteiger partial charge in [-0.15, -0.1) is 0 Å². The van der Waals surface area contributed by atoms with Gasteiger partial charge in [-0.1, -0.05) is 0 Å². The fraction of sp³-hybridized carbons (Fsp3) is 0.667. The molecular weight excluding hydrogens is 567 g/mol. The third-order valence-corrected chi connectivity index (χ3v) is 3.09. The smallest absolute Gasteiger partial charge is 0.550 e. The molecule has 22 heteroatoms. The Morgan fingerprint density at radius 3 is 1.14 bits per heavy atom. The first-order chi connectivity index (χ1) is 14.3. The summed E-state index contributed by atoms with van der Waals surface area (Å²) in [4.78, 5) is 49.3. The van der Waals surface area contributed by atoms with Crippen LogP contribution in [0.2, 0.25) is 0 Å². The predicted octanol–water partition coefficient (Wildman–Crippen LogP) is -26.9. The molecule has 5 atom stereocenters. The van der Waals surface area contributed by atoms with E-state index in [1.54, 1.807) is 0 Å². The van der Waals surface area contributed by atoms with Gasteiger partial charge >= 0.3 is 148 Å². The summed E-state index contributed by atoms with van der Waals surface area (Å²) in [7, 11) is 0. The average molecular weight is 588 g/mol. The van der Waals surface area contributed by atoms with Gasteiger partial charge in [0.15, 0.2) is 0 Å². The number of aliphatic hydroxyl groups is 7. The van der Waals surface area contributed by atoms with E-state index in [-0.39, 0.29) is 148 Å². The molecular formula is C15H21Na5O17. The number of hydrogen-bond acceptors (Lipinski definition) is 17. The number of rotatable bonds is 11. The third-order valence-electron chi connectivity index (χ3n) is 3.09. The van der Waals surface area contributed by atoms with Crippen molar-refractivity contribution in [2.75, 3.05) is 6.61 Å². The Morgan fingerprint density at radius 1 is 0.676 bits per heavy atom. The molecule has 0 aliphatic rings. The van der Waals surface area contributed by atoms with Crippen molar-refractivity contribution in [2.45, 2.75) is 55.9 Å². The van der Waals surface area contributed by atoms with Crippen LogP contribution in [-0.2, 0) is 24.0 Å². The fourth-order valence-electron chi connectivity index (χ4n) is 1.35. The van der Waals surface area contributed by atoms with E-state index < -0.39 is 85.4 Å². The van der Waals surface area contributed by atoms with E-state index in [0.29, 0.717) is 0 Å². The molecule has 17 nitrogen and oxygen atoms in total. The van der Waals surface area contributed by atoms with Crippen LogP contribution in [0.5, 0.6) is 0 Å². The summed E-state index contributed by atoms with van der Waals surface area (Å²) in [5, 5.41) is 110. The third kappa shape index (κ3) is 30.8. The molecule has 0 amide bonds. The van der Waals surface area contributed by atoms with Crippen molar-refractivity contribution in [1.29, 1.82) is 0 Å². The number of carbonyl (C=O) groups excluding carboxylic acids is 5. The van der Waals surface area contributed by atoms with Gasteiger partial charge in [-0.3, -0.25) is 0 Å². The SMILES string of the molecule is CC(O)C(=O)[O-].O=C([O-])CC(O)(CC(=O)[O-])C(=O)[O-].O=C([O-])[C@H](O)[C@@H](O)[C@H](O)[C@H](O)CO.[Na+].[Na+].[Na+].[Na+].[Na+]. The van der Waals surface area contributed by atoms with Gasteiger partial charge in [0, 0.05) is 24.8 Å². The van der Waals surface area contributed by atoms with Crippen LogP contribution in [0.4, 0.5) is 0 Å². The summed E-state index contributed by atoms with van der Waals surface area (Å²) < 4.78 is 0. The Bertz CT molecular complexity index is 635. The van der Waals surface area contributed by atoms with Gasteiger partial charge in [0.2, 0.25) is 0 Å². The molecule has 0 rings (SSSR count). The molecule has 0 aromatic carbocycles. The van der Waals surface area contributed by atoms with Gasteiger partial charge in [-0.25, -0.2) is 0 Å². The molecule has 7 N–H and O–H groups in total. The molecule has 0 heterocycles. The summed E-state index contributed by atoms with van der Waals surface area (Å²) in [6, 6.07) is 0. The minimum absolute atomic E-state index is 0. The summed E-state index contributed by atoms with van der Waals surface area (Å²) >= 11 is 0. The van der Waals surface area contributed by atoms with Gasteiger partial charge in [-0.05, 0) is 6.92 Å². The van der Waals surface area contributed by atoms with Crippen molar-refractivity contribution in [1.82, 2.24) is 0 Å². The van der Waals surface area contributed by atoms with Crippen LogP contribution in [0.15, 0.2) is 0 Å². The number of carboxylic acids is 5. The number of carbonyl (C=O) groups is 5. The standard InChI is InChI=1S/C6H8O7.C6H12O7.C3H6O3.5Na/c7-3(8)1-6(13,5(11)12)2-4(9)10;7-1-2(8)3(9)4(10)5(11)6(12)13;1-2(4)3(5)6;;;;;/h13H,1-2H2,(H,7,8)(H,9,10)(H,11,12);2-5,7-11H,1H2,(H,12,13);2,4H,1H3,(H,5,6);;;;;/q;;;5*+1/p-5/t;2-,3-,4+,5-;;;;;;/m.1....../s1. The molecule has 0 aromatic rings. The Kier molecular flexibility index (Phi) is 49.2. The summed E-state index contributed by atoms with van der Waals surface area (Å²) in [6.07, 6.45) is -12.1. The Labute approximate surface area is 320 Å². The average Bonchev–Trinajstić information content (AvgIpc) is 2.64. The molecule has 0 aliphatic heterocycles. The Hall–Kier alpha value is 2.07. The molecule has 0 aliphatic carbocycles. The minimum Gasteiger partial charge on any atom is -0.550 e. The van der Waals surface area contributed by atoms with Crippen LogP contribution in [-0.4, -0.2) is 108 Å². The molecule has 0 spiro atoms. The van der Waals surface area contributed by atoms with E-state index in [0.717, 1.165) is 6.92 Å². The van der Waals surface area contributed by atoms with Crippen molar-refractivity contribution in [3.8, 4) is 0 Å². The summed E-state index contributed by atoms with van der Waals surface area (Å²) in [6.45, 7) is 0.271. The zero-order chi connectivity index (χ0) is 26.4. The van der Waals surface area contributed by atoms with Crippen molar-refractivity contribution in [2.24, 2.45) is 0 Å². The van der Waals surface area contributed by atoms with Crippen molar-refractivity contribution in [3.05, 3.63) is 0 Å². The first-order valence-electron chi connectivity index (χ1n) is 8.10. The van der Waals surface area contributed by atoms with Gasteiger partial charge < -0.3 is 85.3 Å². The van der Waals surface area contributed by atoms with Crippen LogP contribution >= 0.6 is 0 Å². The largest absolute Gasteiger partial charge is 1.00 e. The molecule has 0 bridgehead atoms. The quantitative estimate of drug-likeness (QED) is 0.110. The maximum absolute atomic E-state index is 10.1. The second-order valence-corrected chi connectivity index (χ2v) is 5.91. The second kappa shape index (κ2) is 31.0. The first kappa shape index (κ1) is 58.7. The number of aliphatic carboxylic acids is 5. The topological polar surface area (TPSA) is 342 Å². The van der Waals surface area contributed by atoms with Gasteiger partial charge in [0.1, 0.15) is 30.0 Å². The van der Waals surface area contributed by atoms with Crippen LogP contribution < -0.4 is 173 Å². The van der Waals surface area contributed by atoms with Crippen LogP contribution in [0.25, 0.3) is 0 Å². The second-order valence-electron chi connectivity index (χ2n) is 5.91. The summed E-state index contributed by atoms with van der Waals surface area (Å²) in [5.74, 6) is -9.39. The van der Waals surface area contributed by atoms with Crippen LogP contribution in [0.3, 0.4) is 0 Å². The van der Waals surface area contributed by atoms with E-state index in [2.05, 4.69) is 0 Å². The van der Waals surface area contributed by atoms with E-state index >= 15 is 0 Å². The predicted molar refractivity (Wildman–Crippen MR) is 82.0 cm³/mol. The molecule has 1 unspecified atom stereocenters. The molecule has 0 fully saturated rings. The van der Waals surface area contributed by atoms with E-state index in [4.69, 9.17) is 35.7 Å². The van der Waals surface area contributed by atoms with Crippen molar-refractivity contribution < 1.29 is 233 Å². The monoisotopic (exact) mass is 588 g/mol. The maximum Gasteiger partial charge on any atom is 1.00 e. The van der Waals surface area contributed by atoms with Crippen LogP contribution in [0.1, 0.15) is 19.8 Å². The molecule has 0 radical (unpaired) electrons. The Morgan fingerprint density at radius 2 is 0.973 bits per heavy atom. The molecule has 0 aromatic heterocycles. The minimum atomic E-state index is -2.97. The zero-order valence-electron chi connectivity index (χ0n) is 21.2. The maximum atomic E-state index is 10.1. The van der Waals surface area contributed by atoms with Crippen LogP contribution in [0, 0.1) is 0 Å². The molecule has 0 saturated carbocycles. The Balaban J connectivity index is -0.0000000561. The number of hydrogen-bond donors (Lipinski definition) is 7. The molecule has 188 valence electrons.